The summed E-state index contributed by atoms with van der Waals surface area (Å²) in [5.41, 5.74) is 5.35. The van der Waals surface area contributed by atoms with E-state index in [2.05, 4.69) is 0 Å². The molecule has 1 aromatic rings. The molecule has 108 valence electrons. The van der Waals surface area contributed by atoms with E-state index in [-0.39, 0.29) is 28.8 Å². The summed E-state index contributed by atoms with van der Waals surface area (Å²) in [5.74, 6) is -0.0633. The number of benzene rings is 1. The van der Waals surface area contributed by atoms with E-state index in [1.165, 1.54) is 12.1 Å². The molecule has 7 nitrogen and oxygen atoms in total. The molecular formula is C13H17N3O4. The van der Waals surface area contributed by atoms with Gasteiger partial charge in [0.05, 0.1) is 11.5 Å². The summed E-state index contributed by atoms with van der Waals surface area (Å²) in [7, 11) is 1.62. The molecule has 1 aromatic carbocycles. The van der Waals surface area contributed by atoms with Gasteiger partial charge in [0.1, 0.15) is 11.3 Å². The van der Waals surface area contributed by atoms with Crippen LogP contribution in [0.5, 0.6) is 0 Å². The van der Waals surface area contributed by atoms with Crippen molar-refractivity contribution in [3.63, 3.8) is 0 Å². The van der Waals surface area contributed by atoms with Crippen molar-refractivity contribution in [3.8, 4) is 0 Å². The fraction of sp³-hybridized carbons (Fsp3) is 0.462. The summed E-state index contributed by atoms with van der Waals surface area (Å²) < 4.78 is 5.07. The smallest absolute Gasteiger partial charge is 0.304 e. The molecule has 1 atom stereocenters. The van der Waals surface area contributed by atoms with E-state index < -0.39 is 4.92 Å². The number of methoxy groups -OCH3 is 1. The number of nitro benzene ring substituents is 1. The standard InChI is InChI=1S/C13H17N3O4/c1-20-8-9-5-6-15(7-9)13(17)10-3-2-4-11(14)12(10)16(18)19/h2-4,9H,5-8,14H2,1H3. The van der Waals surface area contributed by atoms with Crippen LogP contribution in [0.1, 0.15) is 16.8 Å². The molecule has 1 unspecified atom stereocenters. The highest BCUT2D eigenvalue weighted by Gasteiger charge is 2.31. The minimum Gasteiger partial charge on any atom is -0.393 e. The largest absolute Gasteiger partial charge is 0.393 e. The van der Waals surface area contributed by atoms with Gasteiger partial charge in [-0.05, 0) is 18.6 Å². The van der Waals surface area contributed by atoms with Gasteiger partial charge in [0.2, 0.25) is 0 Å². The molecule has 0 spiro atoms. The van der Waals surface area contributed by atoms with Crippen molar-refractivity contribution in [2.45, 2.75) is 6.42 Å². The average molecular weight is 279 g/mol. The number of hydrogen-bond donors (Lipinski definition) is 1. The Labute approximate surface area is 116 Å². The van der Waals surface area contributed by atoms with Gasteiger partial charge in [0.15, 0.2) is 0 Å². The molecule has 2 N–H and O–H groups in total. The number of ether oxygens (including phenoxy) is 1. The second-order valence-electron chi connectivity index (χ2n) is 4.86. The molecule has 1 saturated heterocycles. The van der Waals surface area contributed by atoms with Gasteiger partial charge in [-0.2, -0.15) is 0 Å². The first-order chi connectivity index (χ1) is 9.54. The Morgan fingerprint density at radius 3 is 3.00 bits per heavy atom. The Kier molecular flexibility index (Phi) is 4.19. The number of nitro groups is 1. The second-order valence-corrected chi connectivity index (χ2v) is 4.86. The lowest BCUT2D eigenvalue weighted by Crippen LogP contribution is -2.30. The molecule has 0 saturated carbocycles. The van der Waals surface area contributed by atoms with Crippen LogP contribution < -0.4 is 5.73 Å². The number of nitrogens with zero attached hydrogens (tertiary/aromatic N) is 2. The number of anilines is 1. The molecule has 7 heteroatoms. The second kappa shape index (κ2) is 5.87. The SMILES string of the molecule is COCC1CCN(C(=O)c2cccc(N)c2[N+](=O)[O-])C1. The first kappa shape index (κ1) is 14.3. The molecule has 0 aliphatic carbocycles. The van der Waals surface area contributed by atoms with Crippen molar-refractivity contribution in [2.75, 3.05) is 32.5 Å². The van der Waals surface area contributed by atoms with Crippen molar-refractivity contribution in [3.05, 3.63) is 33.9 Å². The van der Waals surface area contributed by atoms with Crippen LogP contribution in [0.4, 0.5) is 11.4 Å². The molecule has 1 heterocycles. The molecule has 1 fully saturated rings. The zero-order valence-electron chi connectivity index (χ0n) is 11.2. The van der Waals surface area contributed by atoms with E-state index >= 15 is 0 Å². The predicted octanol–water partition coefficient (Wildman–Crippen LogP) is 1.29. The van der Waals surface area contributed by atoms with Crippen LogP contribution in [-0.2, 0) is 4.74 Å². The lowest BCUT2D eigenvalue weighted by atomic mass is 10.1. The van der Waals surface area contributed by atoms with Crippen molar-refractivity contribution in [1.29, 1.82) is 0 Å². The molecule has 1 amide bonds. The molecule has 2 rings (SSSR count). The first-order valence-electron chi connectivity index (χ1n) is 6.35. The third-order valence-electron chi connectivity index (χ3n) is 3.46. The molecule has 1 aliphatic heterocycles. The Hall–Kier alpha value is -2.15. The first-order valence-corrected chi connectivity index (χ1v) is 6.35. The van der Waals surface area contributed by atoms with Crippen LogP contribution in [0.3, 0.4) is 0 Å². The van der Waals surface area contributed by atoms with E-state index in [9.17, 15) is 14.9 Å². The summed E-state index contributed by atoms with van der Waals surface area (Å²) in [5, 5.41) is 11.1. The number of hydrogen-bond acceptors (Lipinski definition) is 5. The Morgan fingerprint density at radius 2 is 2.35 bits per heavy atom. The number of nitrogen functional groups attached to an aromatic ring is 1. The maximum absolute atomic E-state index is 12.4. The van der Waals surface area contributed by atoms with Gasteiger partial charge in [0.25, 0.3) is 5.91 Å². The fourth-order valence-electron chi connectivity index (χ4n) is 2.50. The minimum atomic E-state index is -0.606. The molecule has 0 aromatic heterocycles. The fourth-order valence-corrected chi connectivity index (χ4v) is 2.50. The molecular weight excluding hydrogens is 262 g/mol. The number of likely N-dealkylation sites (tertiary alicyclic amines) is 1. The number of rotatable bonds is 4. The number of carbonyl (C=O) groups is 1. The number of para-hydroxylation sites is 1. The van der Waals surface area contributed by atoms with Crippen molar-refractivity contribution in [1.82, 2.24) is 4.90 Å². The summed E-state index contributed by atoms with van der Waals surface area (Å²) in [4.78, 5) is 24.5. The van der Waals surface area contributed by atoms with Gasteiger partial charge >= 0.3 is 5.69 Å². The zero-order chi connectivity index (χ0) is 14.7. The van der Waals surface area contributed by atoms with Gasteiger partial charge in [0, 0.05) is 26.1 Å². The van der Waals surface area contributed by atoms with Crippen molar-refractivity contribution < 1.29 is 14.5 Å². The van der Waals surface area contributed by atoms with Crippen LogP contribution in [-0.4, -0.2) is 42.5 Å². The van der Waals surface area contributed by atoms with E-state index in [4.69, 9.17) is 10.5 Å². The molecule has 20 heavy (non-hydrogen) atoms. The van der Waals surface area contributed by atoms with Crippen LogP contribution in [0.15, 0.2) is 18.2 Å². The van der Waals surface area contributed by atoms with Gasteiger partial charge in [-0.1, -0.05) is 6.07 Å². The van der Waals surface area contributed by atoms with Gasteiger partial charge < -0.3 is 15.4 Å². The van der Waals surface area contributed by atoms with E-state index in [0.29, 0.717) is 19.7 Å². The molecule has 0 radical (unpaired) electrons. The zero-order valence-corrected chi connectivity index (χ0v) is 11.2. The minimum absolute atomic E-state index is 0.00786. The van der Waals surface area contributed by atoms with Crippen LogP contribution in [0.2, 0.25) is 0 Å². The Morgan fingerprint density at radius 1 is 1.60 bits per heavy atom. The van der Waals surface area contributed by atoms with Crippen LogP contribution in [0, 0.1) is 16.0 Å². The van der Waals surface area contributed by atoms with Gasteiger partial charge in [-0.25, -0.2) is 0 Å². The van der Waals surface area contributed by atoms with E-state index in [1.54, 1.807) is 18.1 Å². The van der Waals surface area contributed by atoms with Gasteiger partial charge in [-0.3, -0.25) is 14.9 Å². The topological polar surface area (TPSA) is 98.7 Å². The summed E-state index contributed by atoms with van der Waals surface area (Å²) in [6.07, 6.45) is 0.843. The summed E-state index contributed by atoms with van der Waals surface area (Å²) in [6, 6.07) is 4.42. The van der Waals surface area contributed by atoms with Gasteiger partial charge in [-0.15, -0.1) is 0 Å². The normalized spacial score (nSPS) is 18.2. The number of amides is 1. The highest BCUT2D eigenvalue weighted by Crippen LogP contribution is 2.28. The van der Waals surface area contributed by atoms with Crippen LogP contribution >= 0.6 is 0 Å². The highest BCUT2D eigenvalue weighted by atomic mass is 16.6. The van der Waals surface area contributed by atoms with E-state index in [0.717, 1.165) is 6.42 Å². The Balaban J connectivity index is 2.22. The lowest BCUT2D eigenvalue weighted by molar-refractivity contribution is -0.384. The number of nitrogens with two attached hydrogens (primary N) is 1. The third kappa shape index (κ3) is 2.72. The number of carbonyl (C=O) groups excluding carboxylic acids is 1. The highest BCUT2D eigenvalue weighted by molar-refractivity contribution is 6.00. The van der Waals surface area contributed by atoms with Crippen molar-refractivity contribution >= 4 is 17.3 Å². The lowest BCUT2D eigenvalue weighted by Gasteiger charge is -2.16. The monoisotopic (exact) mass is 279 g/mol. The maximum Gasteiger partial charge on any atom is 0.304 e. The molecule has 0 bridgehead atoms. The Bertz CT molecular complexity index is 532. The molecule has 1 aliphatic rings. The summed E-state index contributed by atoms with van der Waals surface area (Å²) >= 11 is 0. The van der Waals surface area contributed by atoms with Crippen LogP contribution in [0.25, 0.3) is 0 Å². The summed E-state index contributed by atoms with van der Waals surface area (Å²) in [6.45, 7) is 1.72. The quantitative estimate of drug-likeness (QED) is 0.508. The van der Waals surface area contributed by atoms with E-state index in [1.807, 2.05) is 0 Å². The van der Waals surface area contributed by atoms with Crippen molar-refractivity contribution in [2.24, 2.45) is 5.92 Å². The maximum atomic E-state index is 12.4. The third-order valence-corrected chi connectivity index (χ3v) is 3.46. The average Bonchev–Trinajstić information content (AvgIpc) is 2.86. The predicted molar refractivity (Wildman–Crippen MR) is 73.4 cm³/mol.